The van der Waals surface area contributed by atoms with Crippen molar-refractivity contribution in [3.8, 4) is 0 Å². The fourth-order valence-corrected chi connectivity index (χ4v) is 1.26. The van der Waals surface area contributed by atoms with E-state index in [1.54, 1.807) is 0 Å². The molecule has 0 aromatic heterocycles. The van der Waals surface area contributed by atoms with Crippen LogP contribution in [-0.4, -0.2) is 14.5 Å². The summed E-state index contributed by atoms with van der Waals surface area (Å²) in [5.41, 5.74) is 0. The average Bonchev–Trinajstić information content (AvgIpc) is 1.87. The van der Waals surface area contributed by atoms with Crippen molar-refractivity contribution >= 4 is 11.1 Å². The summed E-state index contributed by atoms with van der Waals surface area (Å²) in [6, 6.07) is 0. The molecule has 0 amide bonds. The van der Waals surface area contributed by atoms with Gasteiger partial charge in [-0.25, -0.2) is 0 Å². The van der Waals surface area contributed by atoms with Crippen LogP contribution in [-0.2, 0) is 11.1 Å². The summed E-state index contributed by atoms with van der Waals surface area (Å²) < 4.78 is 20.1. The van der Waals surface area contributed by atoms with E-state index in [1.165, 1.54) is 19.3 Å². The maximum absolute atomic E-state index is 10.0. The van der Waals surface area contributed by atoms with Gasteiger partial charge in [0.25, 0.3) is 0 Å². The van der Waals surface area contributed by atoms with Gasteiger partial charge >= 0.3 is 29.6 Å². The van der Waals surface area contributed by atoms with Gasteiger partial charge in [-0.1, -0.05) is 43.7 Å². The van der Waals surface area contributed by atoms with Crippen LogP contribution >= 0.6 is 0 Å². The minimum Gasteiger partial charge on any atom is -0.772 e. The van der Waals surface area contributed by atoms with Crippen molar-refractivity contribution < 1.29 is 38.3 Å². The van der Waals surface area contributed by atoms with Crippen molar-refractivity contribution in [2.24, 2.45) is 0 Å². The summed E-state index contributed by atoms with van der Waals surface area (Å²) in [5.74, 6) is 0.337. The molecule has 0 spiro atoms. The minimum atomic E-state index is -1.82. The number of hydrogen-bond acceptors (Lipinski definition) is 2. The van der Waals surface area contributed by atoms with Gasteiger partial charge in [0.1, 0.15) is 0 Å². The van der Waals surface area contributed by atoms with Gasteiger partial charge < -0.3 is 4.55 Å². The summed E-state index contributed by atoms with van der Waals surface area (Å²) in [7, 11) is 0. The second-order valence-electron chi connectivity index (χ2n) is 2.42. The SMILES string of the molecule is CCCCCCCS(=O)[O-].[Na+]. The molecule has 11 heavy (non-hydrogen) atoms. The van der Waals surface area contributed by atoms with Crippen LogP contribution in [0.4, 0.5) is 0 Å². The first kappa shape index (κ1) is 14.6. The summed E-state index contributed by atoms with van der Waals surface area (Å²) in [4.78, 5) is 0. The standard InChI is InChI=1S/C7H16O2S.Na/c1-2-3-4-5-6-7-10(8)9;/h2-7H2,1H3,(H,8,9);/q;+1/p-1. The number of rotatable bonds is 6. The minimum absolute atomic E-state index is 0. The van der Waals surface area contributed by atoms with E-state index in [2.05, 4.69) is 6.92 Å². The van der Waals surface area contributed by atoms with Gasteiger partial charge in [-0.3, -0.25) is 4.21 Å². The van der Waals surface area contributed by atoms with E-state index in [0.717, 1.165) is 12.8 Å². The van der Waals surface area contributed by atoms with Gasteiger partial charge in [0, 0.05) is 5.75 Å². The molecule has 0 aliphatic carbocycles. The normalized spacial score (nSPS) is 12.2. The molecule has 0 heterocycles. The molecular formula is C7H15NaO2S. The van der Waals surface area contributed by atoms with Crippen LogP contribution in [0.1, 0.15) is 39.0 Å². The summed E-state index contributed by atoms with van der Waals surface area (Å²) in [6.45, 7) is 2.14. The van der Waals surface area contributed by atoms with E-state index >= 15 is 0 Å². The van der Waals surface area contributed by atoms with Crippen molar-refractivity contribution in [1.82, 2.24) is 0 Å². The molecule has 1 atom stereocenters. The largest absolute Gasteiger partial charge is 1.00 e. The van der Waals surface area contributed by atoms with Crippen molar-refractivity contribution in [2.75, 3.05) is 5.75 Å². The Morgan fingerprint density at radius 2 is 1.73 bits per heavy atom. The molecule has 2 nitrogen and oxygen atoms in total. The number of hydrogen-bond donors (Lipinski definition) is 0. The van der Waals surface area contributed by atoms with Crippen molar-refractivity contribution in [1.29, 1.82) is 0 Å². The van der Waals surface area contributed by atoms with Crippen LogP contribution in [0.5, 0.6) is 0 Å². The molecule has 0 radical (unpaired) electrons. The molecule has 0 fully saturated rings. The molecule has 0 aromatic rings. The molecule has 0 aliphatic rings. The topological polar surface area (TPSA) is 40.1 Å². The first-order chi connectivity index (χ1) is 4.77. The zero-order valence-corrected chi connectivity index (χ0v) is 10.3. The van der Waals surface area contributed by atoms with E-state index < -0.39 is 11.1 Å². The summed E-state index contributed by atoms with van der Waals surface area (Å²) in [6.07, 6.45) is 5.50. The second kappa shape index (κ2) is 11.1. The molecule has 0 aromatic carbocycles. The van der Waals surface area contributed by atoms with Gasteiger partial charge in [0.05, 0.1) is 0 Å². The summed E-state index contributed by atoms with van der Waals surface area (Å²) in [5, 5.41) is 0. The molecular weight excluding hydrogens is 171 g/mol. The van der Waals surface area contributed by atoms with Crippen LogP contribution in [0, 0.1) is 0 Å². The first-order valence-corrected chi connectivity index (χ1v) is 5.07. The third-order valence-electron chi connectivity index (χ3n) is 1.41. The third-order valence-corrected chi connectivity index (χ3v) is 2.04. The van der Waals surface area contributed by atoms with Crippen LogP contribution in [0.25, 0.3) is 0 Å². The Kier molecular flexibility index (Phi) is 14.8. The Morgan fingerprint density at radius 3 is 2.18 bits per heavy atom. The van der Waals surface area contributed by atoms with Crippen LogP contribution in [0.15, 0.2) is 0 Å². The van der Waals surface area contributed by atoms with Crippen molar-refractivity contribution in [3.63, 3.8) is 0 Å². The van der Waals surface area contributed by atoms with Crippen LogP contribution in [0.3, 0.4) is 0 Å². The quantitative estimate of drug-likeness (QED) is 0.298. The maximum atomic E-state index is 10.0. The zero-order chi connectivity index (χ0) is 7.82. The van der Waals surface area contributed by atoms with E-state index in [4.69, 9.17) is 0 Å². The Bertz CT molecular complexity index is 98.4. The molecule has 0 N–H and O–H groups in total. The van der Waals surface area contributed by atoms with E-state index in [1.807, 2.05) is 0 Å². The molecule has 4 heteroatoms. The predicted molar refractivity (Wildman–Crippen MR) is 42.5 cm³/mol. The second-order valence-corrected chi connectivity index (χ2v) is 3.44. The fraction of sp³-hybridized carbons (Fsp3) is 1.00. The third kappa shape index (κ3) is 14.0. The number of unbranched alkanes of at least 4 members (excludes halogenated alkanes) is 4. The van der Waals surface area contributed by atoms with Gasteiger partial charge in [-0.05, 0) is 6.42 Å². The van der Waals surface area contributed by atoms with Crippen LogP contribution < -0.4 is 29.6 Å². The Hall–Kier alpha value is 1.11. The maximum Gasteiger partial charge on any atom is 1.00 e. The zero-order valence-electron chi connectivity index (χ0n) is 7.47. The smallest absolute Gasteiger partial charge is 0.772 e. The Balaban J connectivity index is 0. The predicted octanol–water partition coefficient (Wildman–Crippen LogP) is -1.16. The van der Waals surface area contributed by atoms with Crippen LogP contribution in [0.2, 0.25) is 0 Å². The molecule has 1 unspecified atom stereocenters. The summed E-state index contributed by atoms with van der Waals surface area (Å²) >= 11 is -1.82. The Labute approximate surface area is 93.7 Å². The fourth-order valence-electron chi connectivity index (χ4n) is 0.823. The Morgan fingerprint density at radius 1 is 1.18 bits per heavy atom. The van der Waals surface area contributed by atoms with Gasteiger partial charge in [0.2, 0.25) is 0 Å². The monoisotopic (exact) mass is 186 g/mol. The molecule has 62 valence electrons. The van der Waals surface area contributed by atoms with Gasteiger partial charge in [-0.2, -0.15) is 0 Å². The molecule has 0 saturated heterocycles. The average molecular weight is 186 g/mol. The van der Waals surface area contributed by atoms with E-state index in [-0.39, 0.29) is 29.6 Å². The van der Waals surface area contributed by atoms with Crippen molar-refractivity contribution in [2.45, 2.75) is 39.0 Å². The van der Waals surface area contributed by atoms with Gasteiger partial charge in [0.15, 0.2) is 0 Å². The molecule has 0 aliphatic heterocycles. The van der Waals surface area contributed by atoms with Gasteiger partial charge in [-0.15, -0.1) is 0 Å². The molecule has 0 rings (SSSR count). The van der Waals surface area contributed by atoms with E-state index in [9.17, 15) is 8.76 Å². The van der Waals surface area contributed by atoms with Crippen molar-refractivity contribution in [3.05, 3.63) is 0 Å². The first-order valence-electron chi connectivity index (χ1n) is 3.83. The van der Waals surface area contributed by atoms with E-state index in [0.29, 0.717) is 5.75 Å². The molecule has 0 bridgehead atoms. The molecule has 0 saturated carbocycles.